The van der Waals surface area contributed by atoms with Crippen molar-refractivity contribution >= 4 is 5.82 Å². The highest BCUT2D eigenvalue weighted by Gasteiger charge is 2.07. The second-order valence-corrected chi connectivity index (χ2v) is 6.57. The standard InChI is InChI=1S/C23H19N5/c1-16-11-17(14-24)7-8-21(16)19-9-10-25-23(12-19)26-15-20-13-22(28-27-20)18-5-3-2-4-6-18/h2-13H,15H2,1H3,(H,25,26)(H,27,28). The van der Waals surface area contributed by atoms with Crippen molar-refractivity contribution in [2.24, 2.45) is 0 Å². The summed E-state index contributed by atoms with van der Waals surface area (Å²) in [5.74, 6) is 0.789. The lowest BCUT2D eigenvalue weighted by Gasteiger charge is -2.09. The van der Waals surface area contributed by atoms with Gasteiger partial charge < -0.3 is 5.32 Å². The summed E-state index contributed by atoms with van der Waals surface area (Å²) in [6, 6.07) is 24.0. The van der Waals surface area contributed by atoms with Crippen molar-refractivity contribution in [1.29, 1.82) is 5.26 Å². The number of H-pyrrole nitrogens is 1. The molecule has 2 heterocycles. The van der Waals surface area contributed by atoms with E-state index < -0.39 is 0 Å². The first kappa shape index (κ1) is 17.5. The summed E-state index contributed by atoms with van der Waals surface area (Å²) < 4.78 is 0. The number of hydrogen-bond donors (Lipinski definition) is 2. The Morgan fingerprint density at radius 1 is 1.00 bits per heavy atom. The maximum absolute atomic E-state index is 9.04. The van der Waals surface area contributed by atoms with Crippen LogP contribution in [0.4, 0.5) is 5.82 Å². The van der Waals surface area contributed by atoms with Gasteiger partial charge in [0, 0.05) is 11.8 Å². The molecule has 0 saturated heterocycles. The van der Waals surface area contributed by atoms with Gasteiger partial charge >= 0.3 is 0 Å². The van der Waals surface area contributed by atoms with E-state index in [4.69, 9.17) is 5.26 Å². The topological polar surface area (TPSA) is 77.4 Å². The van der Waals surface area contributed by atoms with Crippen LogP contribution in [-0.2, 0) is 6.54 Å². The number of hydrogen-bond acceptors (Lipinski definition) is 4. The molecular weight excluding hydrogens is 346 g/mol. The molecule has 0 aliphatic carbocycles. The summed E-state index contributed by atoms with van der Waals surface area (Å²) in [6.07, 6.45) is 1.79. The van der Waals surface area contributed by atoms with E-state index in [1.807, 2.05) is 73.7 Å². The molecule has 0 amide bonds. The fraction of sp³-hybridized carbons (Fsp3) is 0.0870. The van der Waals surface area contributed by atoms with Crippen LogP contribution in [0.1, 0.15) is 16.8 Å². The summed E-state index contributed by atoms with van der Waals surface area (Å²) in [7, 11) is 0. The quantitative estimate of drug-likeness (QED) is 0.526. The lowest BCUT2D eigenvalue weighted by Crippen LogP contribution is -2.01. The van der Waals surface area contributed by atoms with E-state index >= 15 is 0 Å². The predicted molar refractivity (Wildman–Crippen MR) is 110 cm³/mol. The van der Waals surface area contributed by atoms with Crippen molar-refractivity contribution in [2.45, 2.75) is 13.5 Å². The van der Waals surface area contributed by atoms with Crippen LogP contribution in [0.25, 0.3) is 22.4 Å². The summed E-state index contributed by atoms with van der Waals surface area (Å²) in [6.45, 7) is 2.61. The van der Waals surface area contributed by atoms with Crippen molar-refractivity contribution in [1.82, 2.24) is 15.2 Å². The van der Waals surface area contributed by atoms with Gasteiger partial charge in [-0.1, -0.05) is 36.4 Å². The molecule has 2 aromatic carbocycles. The van der Waals surface area contributed by atoms with Crippen molar-refractivity contribution in [3.63, 3.8) is 0 Å². The van der Waals surface area contributed by atoms with E-state index in [1.54, 1.807) is 6.20 Å². The molecule has 5 nitrogen and oxygen atoms in total. The summed E-state index contributed by atoms with van der Waals surface area (Å²) in [5.41, 5.74) is 6.89. The Morgan fingerprint density at radius 3 is 2.64 bits per heavy atom. The van der Waals surface area contributed by atoms with Crippen LogP contribution in [0.5, 0.6) is 0 Å². The zero-order valence-corrected chi connectivity index (χ0v) is 15.5. The molecule has 0 aliphatic rings. The third-order valence-electron chi connectivity index (χ3n) is 4.59. The molecule has 0 saturated carbocycles. The Morgan fingerprint density at radius 2 is 1.86 bits per heavy atom. The average Bonchev–Trinajstić information content (AvgIpc) is 3.22. The first-order valence-corrected chi connectivity index (χ1v) is 9.04. The molecule has 0 unspecified atom stereocenters. The van der Waals surface area contributed by atoms with Crippen LogP contribution in [0, 0.1) is 18.3 Å². The zero-order chi connectivity index (χ0) is 19.3. The fourth-order valence-corrected chi connectivity index (χ4v) is 3.15. The van der Waals surface area contributed by atoms with Crippen LogP contribution in [0.3, 0.4) is 0 Å². The van der Waals surface area contributed by atoms with Crippen molar-refractivity contribution in [3.05, 3.63) is 89.7 Å². The second kappa shape index (κ2) is 7.77. The fourth-order valence-electron chi connectivity index (χ4n) is 3.15. The van der Waals surface area contributed by atoms with Gasteiger partial charge in [0.15, 0.2) is 0 Å². The third-order valence-corrected chi connectivity index (χ3v) is 4.59. The highest BCUT2D eigenvalue weighted by molar-refractivity contribution is 5.70. The van der Waals surface area contributed by atoms with Gasteiger partial charge in [-0.05, 0) is 53.9 Å². The van der Waals surface area contributed by atoms with E-state index in [0.717, 1.165) is 39.5 Å². The lowest BCUT2D eigenvalue weighted by atomic mass is 9.99. The molecule has 0 fully saturated rings. The van der Waals surface area contributed by atoms with Crippen LogP contribution in [0.2, 0.25) is 0 Å². The van der Waals surface area contributed by atoms with E-state index in [0.29, 0.717) is 12.1 Å². The number of anilines is 1. The number of nitriles is 1. The maximum Gasteiger partial charge on any atom is 0.126 e. The number of aromatic amines is 1. The molecule has 0 atom stereocenters. The summed E-state index contributed by atoms with van der Waals surface area (Å²) >= 11 is 0. The molecule has 0 aliphatic heterocycles. The predicted octanol–water partition coefficient (Wildman–Crippen LogP) is 4.93. The number of benzene rings is 2. The zero-order valence-electron chi connectivity index (χ0n) is 15.5. The molecule has 5 heteroatoms. The first-order chi connectivity index (χ1) is 13.7. The lowest BCUT2D eigenvalue weighted by molar-refractivity contribution is 0.976. The first-order valence-electron chi connectivity index (χ1n) is 9.04. The molecule has 2 aromatic heterocycles. The summed E-state index contributed by atoms with van der Waals surface area (Å²) in [5, 5.41) is 19.8. The van der Waals surface area contributed by atoms with Gasteiger partial charge in [0.25, 0.3) is 0 Å². The van der Waals surface area contributed by atoms with E-state index in [9.17, 15) is 0 Å². The van der Waals surface area contributed by atoms with E-state index in [-0.39, 0.29) is 0 Å². The molecule has 4 aromatic rings. The van der Waals surface area contributed by atoms with Crippen molar-refractivity contribution < 1.29 is 0 Å². The number of pyridine rings is 1. The molecule has 4 rings (SSSR count). The third kappa shape index (κ3) is 3.76. The number of nitrogens with zero attached hydrogens (tertiary/aromatic N) is 3. The summed E-state index contributed by atoms with van der Waals surface area (Å²) in [4.78, 5) is 4.41. The van der Waals surface area contributed by atoms with Gasteiger partial charge in [0.1, 0.15) is 5.82 Å². The Kier molecular flexibility index (Phi) is 4.85. The van der Waals surface area contributed by atoms with Gasteiger partial charge in [0.2, 0.25) is 0 Å². The SMILES string of the molecule is Cc1cc(C#N)ccc1-c1ccnc(NCc2cc(-c3ccccc3)n[nH]2)c1. The Balaban J connectivity index is 1.49. The molecule has 28 heavy (non-hydrogen) atoms. The Bertz CT molecular complexity index is 1140. The minimum atomic E-state index is 0.600. The monoisotopic (exact) mass is 365 g/mol. The molecule has 0 radical (unpaired) electrons. The number of aromatic nitrogens is 3. The molecule has 0 bridgehead atoms. The second-order valence-electron chi connectivity index (χ2n) is 6.57. The average molecular weight is 365 g/mol. The normalized spacial score (nSPS) is 10.4. The highest BCUT2D eigenvalue weighted by Crippen LogP contribution is 2.26. The van der Waals surface area contributed by atoms with E-state index in [2.05, 4.69) is 26.6 Å². The van der Waals surface area contributed by atoms with Crippen molar-refractivity contribution in [2.75, 3.05) is 5.32 Å². The molecule has 2 N–H and O–H groups in total. The van der Waals surface area contributed by atoms with Crippen LogP contribution >= 0.6 is 0 Å². The molecule has 136 valence electrons. The highest BCUT2D eigenvalue weighted by atomic mass is 15.1. The minimum absolute atomic E-state index is 0.600. The number of rotatable bonds is 5. The smallest absolute Gasteiger partial charge is 0.126 e. The molecular formula is C23H19N5. The maximum atomic E-state index is 9.04. The minimum Gasteiger partial charge on any atom is -0.364 e. The van der Waals surface area contributed by atoms with Crippen molar-refractivity contribution in [3.8, 4) is 28.5 Å². The van der Waals surface area contributed by atoms with E-state index in [1.165, 1.54) is 0 Å². The van der Waals surface area contributed by atoms with Crippen LogP contribution < -0.4 is 5.32 Å². The van der Waals surface area contributed by atoms with Gasteiger partial charge in [-0.15, -0.1) is 0 Å². The van der Waals surface area contributed by atoms with Crippen LogP contribution in [-0.4, -0.2) is 15.2 Å². The van der Waals surface area contributed by atoms with Gasteiger partial charge in [0.05, 0.1) is 29.6 Å². The number of nitrogens with one attached hydrogen (secondary N) is 2. The van der Waals surface area contributed by atoms with Gasteiger partial charge in [-0.3, -0.25) is 5.10 Å². The largest absolute Gasteiger partial charge is 0.364 e. The number of aryl methyl sites for hydroxylation is 1. The van der Waals surface area contributed by atoms with Gasteiger partial charge in [-0.25, -0.2) is 4.98 Å². The van der Waals surface area contributed by atoms with Gasteiger partial charge in [-0.2, -0.15) is 10.4 Å². The Labute approximate surface area is 163 Å². The van der Waals surface area contributed by atoms with Crippen LogP contribution in [0.15, 0.2) is 72.9 Å². The Hall–Kier alpha value is -3.91. The molecule has 0 spiro atoms.